The molecule has 1 heteroatoms. The van der Waals surface area contributed by atoms with Gasteiger partial charge < -0.3 is 5.32 Å². The zero-order chi connectivity index (χ0) is 5.98. The minimum absolute atomic E-state index is 0.806. The molecular formula is C7H13N. The molecule has 1 aliphatic carbocycles. The highest BCUT2D eigenvalue weighted by molar-refractivity contribution is 5.07. The van der Waals surface area contributed by atoms with E-state index >= 15 is 0 Å². The number of rotatable bonds is 2. The topological polar surface area (TPSA) is 12.0 Å². The van der Waals surface area contributed by atoms with Gasteiger partial charge in [0.2, 0.25) is 0 Å². The standard InChI is InChI=1S/C7H13N/c1-6-3-4-7(6)5-8-2/h3-4,6-8H,5H2,1-2H3. The third kappa shape index (κ3) is 0.920. The number of hydrogen-bond donors (Lipinski definition) is 1. The monoisotopic (exact) mass is 111 g/mol. The molecule has 0 fully saturated rings. The Hall–Kier alpha value is -0.300. The molecule has 0 bridgehead atoms. The van der Waals surface area contributed by atoms with Crippen molar-refractivity contribution in [2.45, 2.75) is 6.92 Å². The summed E-state index contributed by atoms with van der Waals surface area (Å²) in [7, 11) is 2.00. The molecule has 0 spiro atoms. The summed E-state index contributed by atoms with van der Waals surface area (Å²) in [4.78, 5) is 0. The van der Waals surface area contributed by atoms with Crippen molar-refractivity contribution in [3.8, 4) is 0 Å². The molecule has 0 aromatic rings. The fourth-order valence-corrected chi connectivity index (χ4v) is 0.980. The van der Waals surface area contributed by atoms with Gasteiger partial charge in [-0.05, 0) is 18.9 Å². The maximum atomic E-state index is 3.15. The first-order chi connectivity index (χ1) is 3.84. The molecule has 2 atom stereocenters. The Kier molecular flexibility index (Phi) is 1.69. The lowest BCUT2D eigenvalue weighted by atomic mass is 9.84. The van der Waals surface area contributed by atoms with E-state index in [0.717, 1.165) is 18.4 Å². The van der Waals surface area contributed by atoms with E-state index in [9.17, 15) is 0 Å². The predicted octanol–water partition coefficient (Wildman–Crippen LogP) is 1.03. The fourth-order valence-electron chi connectivity index (χ4n) is 0.980. The summed E-state index contributed by atoms with van der Waals surface area (Å²) in [5.41, 5.74) is 0. The molecular weight excluding hydrogens is 98.1 g/mol. The number of hydrogen-bond acceptors (Lipinski definition) is 1. The van der Waals surface area contributed by atoms with Gasteiger partial charge in [0.15, 0.2) is 0 Å². The van der Waals surface area contributed by atoms with Gasteiger partial charge in [0.25, 0.3) is 0 Å². The second-order valence-corrected chi connectivity index (χ2v) is 2.47. The summed E-state index contributed by atoms with van der Waals surface area (Å²) in [6, 6.07) is 0. The quantitative estimate of drug-likeness (QED) is 0.525. The predicted molar refractivity (Wildman–Crippen MR) is 35.7 cm³/mol. The van der Waals surface area contributed by atoms with Crippen molar-refractivity contribution >= 4 is 0 Å². The van der Waals surface area contributed by atoms with Crippen molar-refractivity contribution < 1.29 is 0 Å². The molecule has 0 amide bonds. The number of allylic oxidation sites excluding steroid dienone is 1. The van der Waals surface area contributed by atoms with Gasteiger partial charge in [0.1, 0.15) is 0 Å². The summed E-state index contributed by atoms with van der Waals surface area (Å²) < 4.78 is 0. The Morgan fingerprint density at radius 3 is 2.38 bits per heavy atom. The zero-order valence-corrected chi connectivity index (χ0v) is 5.52. The van der Waals surface area contributed by atoms with Crippen LogP contribution in [0.3, 0.4) is 0 Å². The Bertz CT molecular complexity index is 96.6. The highest BCUT2D eigenvalue weighted by Crippen LogP contribution is 2.23. The highest BCUT2D eigenvalue weighted by atomic mass is 14.8. The van der Waals surface area contributed by atoms with Crippen molar-refractivity contribution in [1.29, 1.82) is 0 Å². The lowest BCUT2D eigenvalue weighted by Crippen LogP contribution is -2.26. The minimum Gasteiger partial charge on any atom is -0.319 e. The highest BCUT2D eigenvalue weighted by Gasteiger charge is 2.17. The third-order valence-electron chi connectivity index (χ3n) is 1.78. The Balaban J connectivity index is 2.20. The van der Waals surface area contributed by atoms with Gasteiger partial charge in [-0.2, -0.15) is 0 Å². The molecule has 0 radical (unpaired) electrons. The second kappa shape index (κ2) is 2.31. The van der Waals surface area contributed by atoms with Gasteiger partial charge in [0.05, 0.1) is 0 Å². The molecule has 0 heterocycles. The van der Waals surface area contributed by atoms with Gasteiger partial charge in [-0.15, -0.1) is 0 Å². The van der Waals surface area contributed by atoms with Crippen molar-refractivity contribution in [3.05, 3.63) is 12.2 Å². The SMILES string of the molecule is CNCC1C=CC1C. The maximum Gasteiger partial charge on any atom is 0.00167 e. The summed E-state index contributed by atoms with van der Waals surface area (Å²) >= 11 is 0. The molecule has 1 nitrogen and oxygen atoms in total. The molecule has 8 heavy (non-hydrogen) atoms. The van der Waals surface area contributed by atoms with Crippen LogP contribution in [0.2, 0.25) is 0 Å². The van der Waals surface area contributed by atoms with Crippen molar-refractivity contribution in [2.24, 2.45) is 11.8 Å². The van der Waals surface area contributed by atoms with Gasteiger partial charge >= 0.3 is 0 Å². The molecule has 0 aromatic carbocycles. The van der Waals surface area contributed by atoms with E-state index < -0.39 is 0 Å². The maximum absolute atomic E-state index is 3.15. The molecule has 0 saturated carbocycles. The van der Waals surface area contributed by atoms with E-state index in [2.05, 4.69) is 24.4 Å². The molecule has 46 valence electrons. The Labute approximate surface area is 50.8 Å². The van der Waals surface area contributed by atoms with E-state index in [1.807, 2.05) is 7.05 Å². The minimum atomic E-state index is 0.806. The van der Waals surface area contributed by atoms with Crippen molar-refractivity contribution in [3.63, 3.8) is 0 Å². The fraction of sp³-hybridized carbons (Fsp3) is 0.714. The third-order valence-corrected chi connectivity index (χ3v) is 1.78. The average Bonchev–Trinajstić information content (AvgIpc) is 1.79. The lowest BCUT2D eigenvalue weighted by molar-refractivity contribution is 0.442. The molecule has 1 N–H and O–H groups in total. The largest absolute Gasteiger partial charge is 0.319 e. The normalized spacial score (nSPS) is 34.8. The molecule has 1 rings (SSSR count). The van der Waals surface area contributed by atoms with Crippen LogP contribution in [0.25, 0.3) is 0 Å². The van der Waals surface area contributed by atoms with Crippen LogP contribution in [-0.2, 0) is 0 Å². The Morgan fingerprint density at radius 2 is 2.25 bits per heavy atom. The van der Waals surface area contributed by atoms with Crippen LogP contribution in [0.15, 0.2) is 12.2 Å². The van der Waals surface area contributed by atoms with Gasteiger partial charge in [0, 0.05) is 6.54 Å². The first-order valence-electron chi connectivity index (χ1n) is 3.17. The van der Waals surface area contributed by atoms with Gasteiger partial charge in [-0.25, -0.2) is 0 Å². The summed E-state index contributed by atoms with van der Waals surface area (Å²) in [6.07, 6.45) is 4.52. The van der Waals surface area contributed by atoms with Gasteiger partial charge in [-0.3, -0.25) is 0 Å². The van der Waals surface area contributed by atoms with E-state index in [4.69, 9.17) is 0 Å². The lowest BCUT2D eigenvalue weighted by Gasteiger charge is -2.25. The molecule has 1 aliphatic rings. The van der Waals surface area contributed by atoms with Crippen LogP contribution in [-0.4, -0.2) is 13.6 Å². The Morgan fingerprint density at radius 1 is 1.50 bits per heavy atom. The molecule has 0 saturated heterocycles. The summed E-state index contributed by atoms with van der Waals surface area (Å²) in [5, 5.41) is 3.15. The van der Waals surface area contributed by atoms with Crippen LogP contribution in [0.5, 0.6) is 0 Å². The molecule has 0 aliphatic heterocycles. The van der Waals surface area contributed by atoms with Gasteiger partial charge in [-0.1, -0.05) is 19.1 Å². The van der Waals surface area contributed by atoms with E-state index in [1.165, 1.54) is 0 Å². The van der Waals surface area contributed by atoms with Crippen LogP contribution in [0.4, 0.5) is 0 Å². The first-order valence-corrected chi connectivity index (χ1v) is 3.17. The zero-order valence-electron chi connectivity index (χ0n) is 5.52. The van der Waals surface area contributed by atoms with Crippen LogP contribution in [0, 0.1) is 11.8 Å². The smallest absolute Gasteiger partial charge is 0.00167 e. The van der Waals surface area contributed by atoms with Crippen LogP contribution < -0.4 is 5.32 Å². The van der Waals surface area contributed by atoms with Crippen LogP contribution in [0.1, 0.15) is 6.92 Å². The van der Waals surface area contributed by atoms with Crippen molar-refractivity contribution in [1.82, 2.24) is 5.32 Å². The summed E-state index contributed by atoms with van der Waals surface area (Å²) in [6.45, 7) is 3.39. The van der Waals surface area contributed by atoms with Crippen LogP contribution >= 0.6 is 0 Å². The second-order valence-electron chi connectivity index (χ2n) is 2.47. The summed E-state index contributed by atoms with van der Waals surface area (Å²) in [5.74, 6) is 1.61. The first kappa shape index (κ1) is 5.83. The average molecular weight is 111 g/mol. The van der Waals surface area contributed by atoms with E-state index in [0.29, 0.717) is 0 Å². The number of nitrogens with one attached hydrogen (secondary N) is 1. The van der Waals surface area contributed by atoms with Crippen molar-refractivity contribution in [2.75, 3.05) is 13.6 Å². The molecule has 0 aromatic heterocycles. The van der Waals surface area contributed by atoms with E-state index in [1.54, 1.807) is 0 Å². The van der Waals surface area contributed by atoms with E-state index in [-0.39, 0.29) is 0 Å². The molecule has 2 unspecified atom stereocenters.